The molecule has 0 amide bonds. The highest BCUT2D eigenvalue weighted by Crippen LogP contribution is 2.23. The molecule has 0 saturated carbocycles. The van der Waals surface area contributed by atoms with E-state index in [0.29, 0.717) is 0 Å². The van der Waals surface area contributed by atoms with Crippen molar-refractivity contribution in [3.05, 3.63) is 59.7 Å². The molecule has 0 radical (unpaired) electrons. The highest BCUT2D eigenvalue weighted by molar-refractivity contribution is 5.65. The van der Waals surface area contributed by atoms with Crippen LogP contribution in [0.1, 0.15) is 18.1 Å². The van der Waals surface area contributed by atoms with Crippen molar-refractivity contribution in [1.82, 2.24) is 5.32 Å². The summed E-state index contributed by atoms with van der Waals surface area (Å²) in [5.41, 5.74) is 4.15. The third kappa shape index (κ3) is 3.56. The van der Waals surface area contributed by atoms with Crippen LogP contribution in [0.4, 0.5) is 11.4 Å². The zero-order valence-electron chi connectivity index (χ0n) is 11.2. The van der Waals surface area contributed by atoms with Gasteiger partial charge in [0.15, 0.2) is 0 Å². The van der Waals surface area contributed by atoms with E-state index in [0.717, 1.165) is 30.0 Å². The molecule has 0 unspecified atom stereocenters. The number of hydrogen-bond donors (Lipinski definition) is 3. The minimum absolute atomic E-state index is 0.0402. The Morgan fingerprint density at radius 3 is 2.11 bits per heavy atom. The van der Waals surface area contributed by atoms with E-state index >= 15 is 0 Å². The lowest BCUT2D eigenvalue weighted by Gasteiger charge is -2.14. The molecule has 3 N–H and O–H groups in total. The summed E-state index contributed by atoms with van der Waals surface area (Å²) in [4.78, 5) is 0. The number of anilines is 2. The third-order valence-electron chi connectivity index (χ3n) is 3.04. The van der Waals surface area contributed by atoms with Gasteiger partial charge in [0.25, 0.3) is 0 Å². The maximum Gasteiger partial charge on any atom is 0.0702 e. The molecular formula is C16H20N2O. The number of para-hydroxylation sites is 2. The summed E-state index contributed by atoms with van der Waals surface area (Å²) in [6.07, 6.45) is 0. The van der Waals surface area contributed by atoms with Gasteiger partial charge in [0, 0.05) is 23.5 Å². The summed E-state index contributed by atoms with van der Waals surface area (Å²) in [5, 5.41) is 16.1. The van der Waals surface area contributed by atoms with E-state index in [1.807, 2.05) is 36.4 Å². The third-order valence-corrected chi connectivity index (χ3v) is 3.04. The molecule has 2 aromatic rings. The molecule has 3 nitrogen and oxygen atoms in total. The second-order valence-corrected chi connectivity index (χ2v) is 4.38. The summed E-state index contributed by atoms with van der Waals surface area (Å²) in [6.45, 7) is 3.91. The number of nitrogens with one attached hydrogen (secondary N) is 2. The van der Waals surface area contributed by atoms with Gasteiger partial charge in [-0.25, -0.2) is 0 Å². The molecule has 2 rings (SSSR count). The molecule has 0 aliphatic carbocycles. The van der Waals surface area contributed by atoms with Crippen LogP contribution in [0, 0.1) is 0 Å². The van der Waals surface area contributed by atoms with Gasteiger partial charge in [-0.3, -0.25) is 0 Å². The Balaban J connectivity index is 2.22. The van der Waals surface area contributed by atoms with E-state index in [-0.39, 0.29) is 6.61 Å². The molecule has 3 heteroatoms. The van der Waals surface area contributed by atoms with Gasteiger partial charge in [-0.15, -0.1) is 0 Å². The van der Waals surface area contributed by atoms with Gasteiger partial charge in [-0.2, -0.15) is 0 Å². The summed E-state index contributed by atoms with van der Waals surface area (Å²) in [7, 11) is 0. The molecular weight excluding hydrogens is 236 g/mol. The average Bonchev–Trinajstić information content (AvgIpc) is 2.47. The Kier molecular flexibility index (Phi) is 4.95. The smallest absolute Gasteiger partial charge is 0.0702 e. The highest BCUT2D eigenvalue weighted by Gasteiger charge is 2.04. The SMILES string of the molecule is CCNCc1ccccc1Nc1ccccc1CO. The Labute approximate surface area is 114 Å². The van der Waals surface area contributed by atoms with E-state index in [1.165, 1.54) is 5.56 Å². The zero-order valence-corrected chi connectivity index (χ0v) is 11.2. The Morgan fingerprint density at radius 2 is 1.47 bits per heavy atom. The second kappa shape index (κ2) is 6.92. The van der Waals surface area contributed by atoms with Gasteiger partial charge in [0.2, 0.25) is 0 Å². The lowest BCUT2D eigenvalue weighted by Crippen LogP contribution is -2.13. The van der Waals surface area contributed by atoms with Crippen LogP contribution in [0.5, 0.6) is 0 Å². The normalized spacial score (nSPS) is 10.4. The Morgan fingerprint density at radius 1 is 0.895 bits per heavy atom. The van der Waals surface area contributed by atoms with Crippen molar-refractivity contribution in [2.24, 2.45) is 0 Å². The standard InChI is InChI=1S/C16H20N2O/c1-2-17-11-13-7-3-5-9-15(13)18-16-10-6-4-8-14(16)12-19/h3-10,17-19H,2,11-12H2,1H3. The lowest BCUT2D eigenvalue weighted by molar-refractivity contribution is 0.282. The van der Waals surface area contributed by atoms with E-state index in [4.69, 9.17) is 0 Å². The molecule has 19 heavy (non-hydrogen) atoms. The monoisotopic (exact) mass is 256 g/mol. The van der Waals surface area contributed by atoms with Crippen molar-refractivity contribution < 1.29 is 5.11 Å². The predicted octanol–water partition coefficient (Wildman–Crippen LogP) is 3.03. The molecule has 0 aliphatic heterocycles. The van der Waals surface area contributed by atoms with Crippen LogP contribution < -0.4 is 10.6 Å². The van der Waals surface area contributed by atoms with Crippen molar-refractivity contribution in [3.63, 3.8) is 0 Å². The van der Waals surface area contributed by atoms with E-state index in [9.17, 15) is 5.11 Å². The first-order chi connectivity index (χ1) is 9.35. The highest BCUT2D eigenvalue weighted by atomic mass is 16.3. The van der Waals surface area contributed by atoms with Crippen LogP contribution in [0.3, 0.4) is 0 Å². The first-order valence-electron chi connectivity index (χ1n) is 6.59. The number of hydrogen-bond acceptors (Lipinski definition) is 3. The fourth-order valence-electron chi connectivity index (χ4n) is 1.98. The van der Waals surface area contributed by atoms with Gasteiger partial charge in [-0.1, -0.05) is 43.3 Å². The molecule has 0 atom stereocenters. The van der Waals surface area contributed by atoms with Gasteiger partial charge >= 0.3 is 0 Å². The lowest BCUT2D eigenvalue weighted by atomic mass is 10.1. The Hall–Kier alpha value is -1.84. The topological polar surface area (TPSA) is 44.3 Å². The van der Waals surface area contributed by atoms with Gasteiger partial charge in [0.1, 0.15) is 0 Å². The molecule has 0 aromatic heterocycles. The molecule has 100 valence electrons. The maximum atomic E-state index is 9.35. The summed E-state index contributed by atoms with van der Waals surface area (Å²) in [6, 6.07) is 16.0. The number of rotatable bonds is 6. The van der Waals surface area contributed by atoms with Gasteiger partial charge in [-0.05, 0) is 24.2 Å². The summed E-state index contributed by atoms with van der Waals surface area (Å²) < 4.78 is 0. The fourth-order valence-corrected chi connectivity index (χ4v) is 1.98. The van der Waals surface area contributed by atoms with Crippen molar-refractivity contribution in [1.29, 1.82) is 0 Å². The maximum absolute atomic E-state index is 9.35. The average molecular weight is 256 g/mol. The van der Waals surface area contributed by atoms with E-state index < -0.39 is 0 Å². The van der Waals surface area contributed by atoms with Crippen molar-refractivity contribution in [2.75, 3.05) is 11.9 Å². The zero-order chi connectivity index (χ0) is 13.5. The van der Waals surface area contributed by atoms with Crippen LogP contribution in [-0.2, 0) is 13.2 Å². The summed E-state index contributed by atoms with van der Waals surface area (Å²) in [5.74, 6) is 0. The number of aliphatic hydroxyl groups is 1. The molecule has 2 aromatic carbocycles. The van der Waals surface area contributed by atoms with Crippen molar-refractivity contribution in [2.45, 2.75) is 20.1 Å². The fraction of sp³-hybridized carbons (Fsp3) is 0.250. The van der Waals surface area contributed by atoms with Crippen LogP contribution in [0.15, 0.2) is 48.5 Å². The first-order valence-corrected chi connectivity index (χ1v) is 6.59. The van der Waals surface area contributed by atoms with E-state index in [1.54, 1.807) is 0 Å². The first kappa shape index (κ1) is 13.6. The molecule has 0 fully saturated rings. The quantitative estimate of drug-likeness (QED) is 0.744. The molecule has 0 saturated heterocycles. The van der Waals surface area contributed by atoms with E-state index in [2.05, 4.69) is 29.7 Å². The van der Waals surface area contributed by atoms with Crippen molar-refractivity contribution >= 4 is 11.4 Å². The number of aliphatic hydroxyl groups excluding tert-OH is 1. The van der Waals surface area contributed by atoms with Gasteiger partial charge < -0.3 is 15.7 Å². The molecule has 0 spiro atoms. The van der Waals surface area contributed by atoms with Crippen LogP contribution in [0.25, 0.3) is 0 Å². The summed E-state index contributed by atoms with van der Waals surface area (Å²) >= 11 is 0. The molecule has 0 bridgehead atoms. The van der Waals surface area contributed by atoms with Crippen molar-refractivity contribution in [3.8, 4) is 0 Å². The Bertz CT molecular complexity index is 526. The van der Waals surface area contributed by atoms with Gasteiger partial charge in [0.05, 0.1) is 6.61 Å². The molecule has 0 aliphatic rings. The van der Waals surface area contributed by atoms with Crippen LogP contribution >= 0.6 is 0 Å². The minimum Gasteiger partial charge on any atom is -0.392 e. The minimum atomic E-state index is 0.0402. The van der Waals surface area contributed by atoms with Crippen LogP contribution in [0.2, 0.25) is 0 Å². The van der Waals surface area contributed by atoms with Crippen LogP contribution in [-0.4, -0.2) is 11.7 Å². The predicted molar refractivity (Wildman–Crippen MR) is 79.5 cm³/mol. The molecule has 0 heterocycles. The largest absolute Gasteiger partial charge is 0.392 e. The second-order valence-electron chi connectivity index (χ2n) is 4.38. The number of benzene rings is 2.